The van der Waals surface area contributed by atoms with Gasteiger partial charge in [-0.15, -0.1) is 0 Å². The van der Waals surface area contributed by atoms with Crippen LogP contribution in [0, 0.1) is 0 Å². The van der Waals surface area contributed by atoms with Gasteiger partial charge in [0.1, 0.15) is 5.84 Å². The molecule has 0 bridgehead atoms. The van der Waals surface area contributed by atoms with Gasteiger partial charge in [-0.2, -0.15) is 0 Å². The smallest absolute Gasteiger partial charge is 0.252 e. The average Bonchev–Trinajstić information content (AvgIpc) is 2.38. The maximum Gasteiger partial charge on any atom is 0.252 e. The number of unbranched alkanes of at least 4 members (excludes halogenated alkanes) is 1. The number of oxime groups is 1. The van der Waals surface area contributed by atoms with Gasteiger partial charge >= 0.3 is 0 Å². The summed E-state index contributed by atoms with van der Waals surface area (Å²) in [7, 11) is 0. The van der Waals surface area contributed by atoms with Gasteiger partial charge in [0, 0.05) is 13.0 Å². The molecule has 0 aromatic heterocycles. The number of amidine groups is 1. The molecule has 0 unspecified atom stereocenters. The molecule has 0 heterocycles. The third-order valence-electron chi connectivity index (χ3n) is 2.39. The van der Waals surface area contributed by atoms with Crippen LogP contribution in [0.25, 0.3) is 0 Å². The summed E-state index contributed by atoms with van der Waals surface area (Å²) < 4.78 is 0. The van der Waals surface area contributed by atoms with Crippen LogP contribution in [-0.4, -0.2) is 23.5 Å². The van der Waals surface area contributed by atoms with Gasteiger partial charge in [0.05, 0.1) is 10.6 Å². The molecule has 1 aromatic rings. The molecule has 0 fully saturated rings. The molecule has 0 aliphatic rings. The summed E-state index contributed by atoms with van der Waals surface area (Å²) in [5.74, 6) is 0.0110. The Morgan fingerprint density at radius 2 is 2.11 bits per heavy atom. The van der Waals surface area contributed by atoms with Crippen LogP contribution in [0.3, 0.4) is 0 Å². The second kappa shape index (κ2) is 7.55. The molecular formula is C12H16ClN3O2. The van der Waals surface area contributed by atoms with Crippen LogP contribution in [0.15, 0.2) is 29.4 Å². The number of rotatable bonds is 6. The van der Waals surface area contributed by atoms with E-state index in [0.29, 0.717) is 23.6 Å². The van der Waals surface area contributed by atoms with Crippen molar-refractivity contribution in [2.24, 2.45) is 10.9 Å². The van der Waals surface area contributed by atoms with Gasteiger partial charge in [-0.25, -0.2) is 0 Å². The van der Waals surface area contributed by atoms with Gasteiger partial charge in [0.25, 0.3) is 5.91 Å². The van der Waals surface area contributed by atoms with Crippen LogP contribution in [0.2, 0.25) is 5.02 Å². The zero-order valence-electron chi connectivity index (χ0n) is 9.90. The summed E-state index contributed by atoms with van der Waals surface area (Å²) in [6.45, 7) is 0.531. The van der Waals surface area contributed by atoms with Gasteiger partial charge < -0.3 is 16.3 Å². The normalized spacial score (nSPS) is 11.3. The molecule has 5 nitrogen and oxygen atoms in total. The minimum Gasteiger partial charge on any atom is -0.409 e. The van der Waals surface area contributed by atoms with Crippen LogP contribution >= 0.6 is 11.6 Å². The Morgan fingerprint density at radius 3 is 2.78 bits per heavy atom. The number of benzene rings is 1. The van der Waals surface area contributed by atoms with Crippen molar-refractivity contribution < 1.29 is 10.0 Å². The zero-order chi connectivity index (χ0) is 13.4. The van der Waals surface area contributed by atoms with Crippen LogP contribution < -0.4 is 11.1 Å². The molecule has 1 rings (SSSR count). The topological polar surface area (TPSA) is 87.7 Å². The lowest BCUT2D eigenvalue weighted by atomic mass is 10.2. The van der Waals surface area contributed by atoms with E-state index in [1.54, 1.807) is 24.3 Å². The fourth-order valence-electron chi connectivity index (χ4n) is 1.42. The van der Waals surface area contributed by atoms with Gasteiger partial charge in [0.2, 0.25) is 0 Å². The van der Waals surface area contributed by atoms with Crippen molar-refractivity contribution in [1.82, 2.24) is 5.32 Å². The highest BCUT2D eigenvalue weighted by molar-refractivity contribution is 6.33. The lowest BCUT2D eigenvalue weighted by molar-refractivity contribution is 0.0953. The summed E-state index contributed by atoms with van der Waals surface area (Å²) in [6, 6.07) is 6.89. The molecule has 0 atom stereocenters. The monoisotopic (exact) mass is 269 g/mol. The van der Waals surface area contributed by atoms with E-state index in [-0.39, 0.29) is 11.7 Å². The van der Waals surface area contributed by atoms with E-state index in [2.05, 4.69) is 10.5 Å². The zero-order valence-corrected chi connectivity index (χ0v) is 10.7. The van der Waals surface area contributed by atoms with E-state index in [1.807, 2.05) is 0 Å². The molecular weight excluding hydrogens is 254 g/mol. The van der Waals surface area contributed by atoms with Gasteiger partial charge in [-0.1, -0.05) is 28.9 Å². The lowest BCUT2D eigenvalue weighted by Gasteiger charge is -2.06. The number of nitrogens with one attached hydrogen (secondary N) is 1. The first kappa shape index (κ1) is 14.3. The van der Waals surface area contributed by atoms with Gasteiger partial charge in [-0.3, -0.25) is 4.79 Å². The molecule has 98 valence electrons. The van der Waals surface area contributed by atoms with Crippen molar-refractivity contribution in [3.63, 3.8) is 0 Å². The van der Waals surface area contributed by atoms with Crippen molar-refractivity contribution in [2.45, 2.75) is 19.3 Å². The molecule has 1 amide bonds. The van der Waals surface area contributed by atoms with Crippen molar-refractivity contribution >= 4 is 23.3 Å². The Hall–Kier alpha value is -1.75. The summed E-state index contributed by atoms with van der Waals surface area (Å²) in [5.41, 5.74) is 5.79. The van der Waals surface area contributed by atoms with Crippen LogP contribution in [0.5, 0.6) is 0 Å². The van der Waals surface area contributed by atoms with E-state index in [9.17, 15) is 4.79 Å². The van der Waals surface area contributed by atoms with Crippen molar-refractivity contribution in [1.29, 1.82) is 0 Å². The predicted octanol–water partition coefficient (Wildman–Crippen LogP) is 1.99. The summed E-state index contributed by atoms with van der Waals surface area (Å²) in [4.78, 5) is 11.7. The largest absolute Gasteiger partial charge is 0.409 e. The molecule has 6 heteroatoms. The molecule has 4 N–H and O–H groups in total. The van der Waals surface area contributed by atoms with E-state index < -0.39 is 0 Å². The Balaban J connectivity index is 2.28. The first-order valence-corrected chi connectivity index (χ1v) is 6.02. The van der Waals surface area contributed by atoms with Crippen molar-refractivity contribution in [3.05, 3.63) is 34.9 Å². The highest BCUT2D eigenvalue weighted by atomic mass is 35.5. The fourth-order valence-corrected chi connectivity index (χ4v) is 1.65. The second-order valence-corrected chi connectivity index (χ2v) is 4.19. The number of hydrogen-bond donors (Lipinski definition) is 3. The molecule has 0 spiro atoms. The molecule has 1 aromatic carbocycles. The number of halogens is 1. The van der Waals surface area contributed by atoms with Crippen LogP contribution in [0.1, 0.15) is 29.6 Å². The summed E-state index contributed by atoms with van der Waals surface area (Å²) in [5, 5.41) is 14.4. The molecule has 0 aliphatic heterocycles. The van der Waals surface area contributed by atoms with Gasteiger partial charge in [0.15, 0.2) is 0 Å². The highest BCUT2D eigenvalue weighted by Crippen LogP contribution is 2.14. The Bertz CT molecular complexity index is 435. The molecule has 0 saturated heterocycles. The second-order valence-electron chi connectivity index (χ2n) is 3.78. The minimum atomic E-state index is -0.190. The molecule has 0 radical (unpaired) electrons. The molecule has 0 aliphatic carbocycles. The standard InChI is InChI=1S/C12H16ClN3O2/c13-10-6-2-1-5-9(10)12(17)15-8-4-3-7-11(14)16-18/h1-2,5-6,18H,3-4,7-8H2,(H2,14,16)(H,15,17). The van der Waals surface area contributed by atoms with Crippen molar-refractivity contribution in [3.8, 4) is 0 Å². The molecule has 0 saturated carbocycles. The number of nitrogens with zero attached hydrogens (tertiary/aromatic N) is 1. The quantitative estimate of drug-likeness (QED) is 0.243. The number of carbonyl (C=O) groups is 1. The van der Waals surface area contributed by atoms with Crippen LogP contribution in [0.4, 0.5) is 0 Å². The van der Waals surface area contributed by atoms with E-state index >= 15 is 0 Å². The molecule has 18 heavy (non-hydrogen) atoms. The maximum atomic E-state index is 11.7. The van der Waals surface area contributed by atoms with E-state index in [4.69, 9.17) is 22.5 Å². The Kier molecular flexibility index (Phi) is 6.00. The predicted molar refractivity (Wildman–Crippen MR) is 71.0 cm³/mol. The van der Waals surface area contributed by atoms with E-state index in [0.717, 1.165) is 12.8 Å². The van der Waals surface area contributed by atoms with Crippen LogP contribution in [-0.2, 0) is 0 Å². The highest BCUT2D eigenvalue weighted by Gasteiger charge is 2.08. The first-order valence-electron chi connectivity index (χ1n) is 5.64. The third-order valence-corrected chi connectivity index (χ3v) is 2.72. The summed E-state index contributed by atoms with van der Waals surface area (Å²) >= 11 is 5.90. The fraction of sp³-hybridized carbons (Fsp3) is 0.333. The number of nitrogens with two attached hydrogens (primary N) is 1. The van der Waals surface area contributed by atoms with Crippen molar-refractivity contribution in [2.75, 3.05) is 6.54 Å². The lowest BCUT2D eigenvalue weighted by Crippen LogP contribution is -2.25. The SMILES string of the molecule is NC(CCCCNC(=O)c1ccccc1Cl)=NO. The van der Waals surface area contributed by atoms with E-state index in [1.165, 1.54) is 0 Å². The number of carbonyl (C=O) groups excluding carboxylic acids is 1. The first-order chi connectivity index (χ1) is 8.65. The number of hydrogen-bond acceptors (Lipinski definition) is 3. The Labute approximate surface area is 111 Å². The maximum absolute atomic E-state index is 11.7. The Morgan fingerprint density at radius 1 is 1.39 bits per heavy atom. The van der Waals surface area contributed by atoms with Gasteiger partial charge in [-0.05, 0) is 25.0 Å². The minimum absolute atomic E-state index is 0.190. The number of amides is 1. The summed E-state index contributed by atoms with van der Waals surface area (Å²) in [6.07, 6.45) is 2.02. The average molecular weight is 270 g/mol. The third kappa shape index (κ3) is 4.63.